The van der Waals surface area contributed by atoms with Crippen LogP contribution in [0.1, 0.15) is 46.1 Å². The largest absolute Gasteiger partial charge is 0.340 e. The molecule has 0 aliphatic carbocycles. The molecule has 0 saturated carbocycles. The summed E-state index contributed by atoms with van der Waals surface area (Å²) >= 11 is 0. The molecule has 1 aliphatic heterocycles. The molecule has 1 N–H and O–H groups in total. The van der Waals surface area contributed by atoms with E-state index in [1.165, 1.54) is 5.56 Å². The van der Waals surface area contributed by atoms with E-state index >= 15 is 0 Å². The molecule has 2 unspecified atom stereocenters. The van der Waals surface area contributed by atoms with Gasteiger partial charge in [-0.3, -0.25) is 14.5 Å². The lowest BCUT2D eigenvalue weighted by Gasteiger charge is -2.43. The zero-order valence-corrected chi connectivity index (χ0v) is 13.3. The molecular formula is C17H24N2O2. The average Bonchev–Trinajstić information content (AvgIpc) is 2.47. The summed E-state index contributed by atoms with van der Waals surface area (Å²) in [6, 6.07) is 7.47. The van der Waals surface area contributed by atoms with Crippen molar-refractivity contribution in [3.63, 3.8) is 0 Å². The smallest absolute Gasteiger partial charge is 0.253 e. The molecule has 2 rings (SSSR count). The highest BCUT2D eigenvalue weighted by Crippen LogP contribution is 2.27. The van der Waals surface area contributed by atoms with Gasteiger partial charge in [-0.05, 0) is 44.4 Å². The number of carbonyl (C=O) groups excluding carboxylic acids is 2. The van der Waals surface area contributed by atoms with E-state index in [9.17, 15) is 9.59 Å². The number of hydrogen-bond acceptors (Lipinski definition) is 2. The van der Waals surface area contributed by atoms with E-state index in [4.69, 9.17) is 0 Å². The molecule has 1 aromatic carbocycles. The monoisotopic (exact) mass is 288 g/mol. The molecule has 0 spiro atoms. The Morgan fingerprint density at radius 1 is 1.19 bits per heavy atom. The van der Waals surface area contributed by atoms with Gasteiger partial charge in [0.1, 0.15) is 11.6 Å². The first-order valence-electron chi connectivity index (χ1n) is 7.67. The van der Waals surface area contributed by atoms with E-state index in [2.05, 4.69) is 12.2 Å². The van der Waals surface area contributed by atoms with Crippen molar-refractivity contribution in [1.29, 1.82) is 0 Å². The van der Waals surface area contributed by atoms with Gasteiger partial charge in [-0.2, -0.15) is 0 Å². The van der Waals surface area contributed by atoms with E-state index in [-0.39, 0.29) is 11.8 Å². The van der Waals surface area contributed by atoms with Crippen LogP contribution in [0.5, 0.6) is 0 Å². The Labute approximate surface area is 126 Å². The fourth-order valence-electron chi connectivity index (χ4n) is 2.68. The third-order valence-corrected chi connectivity index (χ3v) is 4.32. The second-order valence-corrected chi connectivity index (χ2v) is 5.94. The molecule has 114 valence electrons. The van der Waals surface area contributed by atoms with Gasteiger partial charge in [-0.15, -0.1) is 0 Å². The number of anilines is 1. The van der Waals surface area contributed by atoms with Crippen molar-refractivity contribution in [1.82, 2.24) is 5.32 Å². The molecule has 1 aliphatic rings. The summed E-state index contributed by atoms with van der Waals surface area (Å²) in [6.45, 7) is 7.61. The predicted molar refractivity (Wildman–Crippen MR) is 84.2 cm³/mol. The van der Waals surface area contributed by atoms with E-state index < -0.39 is 11.6 Å². The van der Waals surface area contributed by atoms with Crippen LogP contribution in [0.2, 0.25) is 0 Å². The van der Waals surface area contributed by atoms with Gasteiger partial charge in [0, 0.05) is 5.69 Å². The Morgan fingerprint density at radius 2 is 1.81 bits per heavy atom. The number of carbonyl (C=O) groups is 2. The number of aryl methyl sites for hydroxylation is 1. The Balaban J connectivity index is 2.35. The van der Waals surface area contributed by atoms with Crippen LogP contribution in [-0.2, 0) is 16.0 Å². The second-order valence-electron chi connectivity index (χ2n) is 5.94. The fourth-order valence-corrected chi connectivity index (χ4v) is 2.68. The first kappa shape index (κ1) is 15.5. The summed E-state index contributed by atoms with van der Waals surface area (Å²) in [5, 5.41) is 2.84. The van der Waals surface area contributed by atoms with Gasteiger partial charge < -0.3 is 5.32 Å². The molecule has 1 heterocycles. The van der Waals surface area contributed by atoms with Crippen molar-refractivity contribution in [3.05, 3.63) is 29.8 Å². The lowest BCUT2D eigenvalue weighted by molar-refractivity contribution is -0.137. The molecule has 1 saturated heterocycles. The SMILES string of the molecule is CCCc1ccc(N2C(=O)C(C)(CC)NC(=O)C2C)cc1. The molecule has 0 bridgehead atoms. The van der Waals surface area contributed by atoms with E-state index in [1.807, 2.05) is 31.2 Å². The zero-order chi connectivity index (χ0) is 15.6. The van der Waals surface area contributed by atoms with Gasteiger partial charge in [-0.1, -0.05) is 32.4 Å². The van der Waals surface area contributed by atoms with Crippen molar-refractivity contribution in [2.75, 3.05) is 4.90 Å². The van der Waals surface area contributed by atoms with E-state index in [1.54, 1.807) is 18.7 Å². The van der Waals surface area contributed by atoms with Gasteiger partial charge in [0.25, 0.3) is 5.91 Å². The summed E-state index contributed by atoms with van der Waals surface area (Å²) in [6.07, 6.45) is 2.69. The highest BCUT2D eigenvalue weighted by molar-refractivity contribution is 6.10. The third kappa shape index (κ3) is 2.80. The van der Waals surface area contributed by atoms with Crippen LogP contribution in [0.4, 0.5) is 5.69 Å². The molecule has 0 aromatic heterocycles. The minimum absolute atomic E-state index is 0.0414. The summed E-state index contributed by atoms with van der Waals surface area (Å²) in [5.41, 5.74) is 1.23. The van der Waals surface area contributed by atoms with E-state index in [0.29, 0.717) is 6.42 Å². The van der Waals surface area contributed by atoms with Gasteiger partial charge in [-0.25, -0.2) is 0 Å². The molecule has 2 atom stereocenters. The summed E-state index contributed by atoms with van der Waals surface area (Å²) in [4.78, 5) is 26.5. The molecule has 1 fully saturated rings. The number of benzene rings is 1. The van der Waals surface area contributed by atoms with Crippen LogP contribution in [-0.4, -0.2) is 23.4 Å². The van der Waals surface area contributed by atoms with Crippen LogP contribution in [0.3, 0.4) is 0 Å². The number of nitrogens with zero attached hydrogens (tertiary/aromatic N) is 1. The number of amides is 2. The highest BCUT2D eigenvalue weighted by Gasteiger charge is 2.45. The maximum Gasteiger partial charge on any atom is 0.253 e. The number of hydrogen-bond donors (Lipinski definition) is 1. The van der Waals surface area contributed by atoms with Gasteiger partial charge in [0.15, 0.2) is 0 Å². The van der Waals surface area contributed by atoms with Crippen LogP contribution in [0.15, 0.2) is 24.3 Å². The fraction of sp³-hybridized carbons (Fsp3) is 0.529. The van der Waals surface area contributed by atoms with Crippen LogP contribution in [0.25, 0.3) is 0 Å². The Kier molecular flexibility index (Phi) is 4.35. The van der Waals surface area contributed by atoms with Crippen molar-refractivity contribution in [2.24, 2.45) is 0 Å². The lowest BCUT2D eigenvalue weighted by Crippen LogP contribution is -2.68. The molecule has 21 heavy (non-hydrogen) atoms. The molecule has 0 radical (unpaired) electrons. The van der Waals surface area contributed by atoms with Crippen molar-refractivity contribution >= 4 is 17.5 Å². The normalized spacial score (nSPS) is 25.9. The third-order valence-electron chi connectivity index (χ3n) is 4.32. The van der Waals surface area contributed by atoms with E-state index in [0.717, 1.165) is 18.5 Å². The number of rotatable bonds is 4. The van der Waals surface area contributed by atoms with Crippen molar-refractivity contribution in [2.45, 2.75) is 58.5 Å². The minimum Gasteiger partial charge on any atom is -0.340 e. The molecule has 4 heteroatoms. The van der Waals surface area contributed by atoms with Crippen LogP contribution in [0, 0.1) is 0 Å². The van der Waals surface area contributed by atoms with Gasteiger partial charge in [0.2, 0.25) is 5.91 Å². The predicted octanol–water partition coefficient (Wildman–Crippen LogP) is 2.66. The van der Waals surface area contributed by atoms with Crippen LogP contribution >= 0.6 is 0 Å². The summed E-state index contributed by atoms with van der Waals surface area (Å²) in [5.74, 6) is -0.142. The minimum atomic E-state index is -0.814. The first-order chi connectivity index (χ1) is 9.92. The second kappa shape index (κ2) is 5.88. The summed E-state index contributed by atoms with van der Waals surface area (Å²) < 4.78 is 0. The molecule has 4 nitrogen and oxygen atoms in total. The average molecular weight is 288 g/mol. The molecule has 2 amide bonds. The lowest BCUT2D eigenvalue weighted by atomic mass is 9.91. The standard InChI is InChI=1S/C17H24N2O2/c1-5-7-13-8-10-14(11-9-13)19-12(3)15(20)18-17(4,6-2)16(19)21/h8-12H,5-7H2,1-4H3,(H,18,20). The first-order valence-corrected chi connectivity index (χ1v) is 7.67. The zero-order valence-electron chi connectivity index (χ0n) is 13.3. The van der Waals surface area contributed by atoms with Crippen LogP contribution < -0.4 is 10.2 Å². The Hall–Kier alpha value is -1.84. The van der Waals surface area contributed by atoms with Gasteiger partial charge in [0.05, 0.1) is 0 Å². The maximum atomic E-state index is 12.8. The number of piperazine rings is 1. The van der Waals surface area contributed by atoms with Gasteiger partial charge >= 0.3 is 0 Å². The Morgan fingerprint density at radius 3 is 2.33 bits per heavy atom. The maximum absolute atomic E-state index is 12.8. The Bertz CT molecular complexity index is 538. The quantitative estimate of drug-likeness (QED) is 0.926. The molecule has 1 aromatic rings. The number of nitrogens with one attached hydrogen (secondary N) is 1. The summed E-state index contributed by atoms with van der Waals surface area (Å²) in [7, 11) is 0. The highest BCUT2D eigenvalue weighted by atomic mass is 16.2. The van der Waals surface area contributed by atoms with Crippen molar-refractivity contribution < 1.29 is 9.59 Å². The molecular weight excluding hydrogens is 264 g/mol. The van der Waals surface area contributed by atoms with Crippen molar-refractivity contribution in [3.8, 4) is 0 Å². The topological polar surface area (TPSA) is 49.4 Å².